The number of hydrogen-bond donors (Lipinski definition) is 2. The van der Waals surface area contributed by atoms with Gasteiger partial charge in [-0.25, -0.2) is 8.78 Å². The van der Waals surface area contributed by atoms with Crippen LogP contribution in [0, 0.1) is 11.6 Å². The predicted molar refractivity (Wildman–Crippen MR) is 83.2 cm³/mol. The smallest absolute Gasteiger partial charge is 0.130 e. The highest BCUT2D eigenvalue weighted by Crippen LogP contribution is 2.23. The average molecular weight is 305 g/mol. The zero-order chi connectivity index (χ0) is 15.9. The minimum absolute atomic E-state index is 0.0208. The Morgan fingerprint density at radius 1 is 1.05 bits per heavy atom. The van der Waals surface area contributed by atoms with Gasteiger partial charge in [-0.15, -0.1) is 0 Å². The second kappa shape index (κ2) is 8.01. The van der Waals surface area contributed by atoms with Crippen molar-refractivity contribution in [2.75, 3.05) is 0 Å². The molecule has 0 saturated carbocycles. The lowest BCUT2D eigenvalue weighted by Gasteiger charge is -2.19. The summed E-state index contributed by atoms with van der Waals surface area (Å²) in [5.74, 6) is -1.07. The van der Waals surface area contributed by atoms with E-state index in [9.17, 15) is 8.78 Å². The average Bonchev–Trinajstić information content (AvgIpc) is 2.52. The van der Waals surface area contributed by atoms with E-state index in [1.807, 2.05) is 31.2 Å². The third kappa shape index (κ3) is 4.36. The highest BCUT2D eigenvalue weighted by Gasteiger charge is 2.15. The van der Waals surface area contributed by atoms with E-state index in [2.05, 4.69) is 5.32 Å². The molecule has 118 valence electrons. The van der Waals surface area contributed by atoms with Crippen LogP contribution in [0.15, 0.2) is 42.5 Å². The van der Waals surface area contributed by atoms with Crippen molar-refractivity contribution < 1.29 is 13.9 Å². The van der Waals surface area contributed by atoms with E-state index in [0.717, 1.165) is 30.0 Å². The maximum Gasteiger partial charge on any atom is 0.130 e. The van der Waals surface area contributed by atoms with Gasteiger partial charge in [0, 0.05) is 24.2 Å². The molecule has 0 spiro atoms. The highest BCUT2D eigenvalue weighted by molar-refractivity contribution is 5.24. The van der Waals surface area contributed by atoms with E-state index in [4.69, 9.17) is 5.11 Å². The zero-order valence-electron chi connectivity index (χ0n) is 12.7. The topological polar surface area (TPSA) is 32.3 Å². The molecule has 0 aliphatic heterocycles. The van der Waals surface area contributed by atoms with Crippen molar-refractivity contribution in [1.29, 1.82) is 0 Å². The molecule has 2 aromatic rings. The number of halogens is 2. The van der Waals surface area contributed by atoms with Gasteiger partial charge in [0.25, 0.3) is 0 Å². The van der Waals surface area contributed by atoms with Crippen molar-refractivity contribution in [2.24, 2.45) is 0 Å². The fourth-order valence-electron chi connectivity index (χ4n) is 2.44. The fourth-order valence-corrected chi connectivity index (χ4v) is 2.44. The van der Waals surface area contributed by atoms with Crippen molar-refractivity contribution in [3.63, 3.8) is 0 Å². The molecule has 0 aliphatic rings. The zero-order valence-corrected chi connectivity index (χ0v) is 12.7. The summed E-state index contributed by atoms with van der Waals surface area (Å²) >= 11 is 0. The molecule has 0 aromatic heterocycles. The van der Waals surface area contributed by atoms with Crippen LogP contribution in [0.1, 0.15) is 42.5 Å². The fraction of sp³-hybridized carbons (Fsp3) is 0.333. The summed E-state index contributed by atoms with van der Waals surface area (Å²) in [6, 6.07) is 11.2. The van der Waals surface area contributed by atoms with Crippen LogP contribution in [-0.4, -0.2) is 5.11 Å². The van der Waals surface area contributed by atoms with Gasteiger partial charge in [0.15, 0.2) is 0 Å². The molecule has 0 radical (unpaired) electrons. The molecule has 4 heteroatoms. The minimum Gasteiger partial charge on any atom is -0.392 e. The third-order valence-corrected chi connectivity index (χ3v) is 3.67. The Morgan fingerprint density at radius 2 is 1.73 bits per heavy atom. The summed E-state index contributed by atoms with van der Waals surface area (Å²) in [6.45, 7) is 2.65. The molecule has 0 saturated heterocycles. The first-order chi connectivity index (χ1) is 10.6. The lowest BCUT2D eigenvalue weighted by Crippen LogP contribution is -2.22. The maximum atomic E-state index is 13.9. The highest BCUT2D eigenvalue weighted by atomic mass is 19.1. The molecule has 0 heterocycles. The molecule has 0 amide bonds. The Bertz CT molecular complexity index is 599. The number of aliphatic hydroxyl groups excluding tert-OH is 1. The van der Waals surface area contributed by atoms with Crippen LogP contribution in [0.25, 0.3) is 0 Å². The molecular formula is C18H21F2NO. The number of rotatable bonds is 7. The number of aliphatic hydroxyl groups is 1. The Balaban J connectivity index is 2.07. The van der Waals surface area contributed by atoms with Gasteiger partial charge in [0.2, 0.25) is 0 Å². The summed E-state index contributed by atoms with van der Waals surface area (Å²) in [4.78, 5) is 0. The van der Waals surface area contributed by atoms with Crippen LogP contribution in [0.2, 0.25) is 0 Å². The molecule has 2 N–H and O–H groups in total. The van der Waals surface area contributed by atoms with Gasteiger partial charge in [-0.3, -0.25) is 0 Å². The Morgan fingerprint density at radius 3 is 2.32 bits per heavy atom. The molecule has 0 bridgehead atoms. The van der Waals surface area contributed by atoms with Crippen molar-refractivity contribution in [3.05, 3.63) is 70.8 Å². The Labute approximate surface area is 129 Å². The van der Waals surface area contributed by atoms with Crippen LogP contribution in [0.4, 0.5) is 8.78 Å². The van der Waals surface area contributed by atoms with Gasteiger partial charge in [0.1, 0.15) is 11.6 Å². The normalized spacial score (nSPS) is 12.4. The summed E-state index contributed by atoms with van der Waals surface area (Å²) in [5.41, 5.74) is 2.41. The number of hydrogen-bond acceptors (Lipinski definition) is 2. The van der Waals surface area contributed by atoms with Gasteiger partial charge in [0.05, 0.1) is 6.61 Å². The number of benzene rings is 2. The summed E-state index contributed by atoms with van der Waals surface area (Å²) < 4.78 is 27.0. The molecule has 0 fully saturated rings. The lowest BCUT2D eigenvalue weighted by molar-refractivity contribution is 0.282. The first kappa shape index (κ1) is 16.6. The molecule has 22 heavy (non-hydrogen) atoms. The molecule has 2 nitrogen and oxygen atoms in total. The van der Waals surface area contributed by atoms with E-state index in [1.165, 1.54) is 12.1 Å². The quantitative estimate of drug-likeness (QED) is 0.807. The first-order valence-corrected chi connectivity index (χ1v) is 7.51. The Hall–Kier alpha value is -1.78. The minimum atomic E-state index is -0.559. The maximum absolute atomic E-state index is 13.9. The van der Waals surface area contributed by atoms with Gasteiger partial charge in [-0.1, -0.05) is 43.7 Å². The van der Waals surface area contributed by atoms with E-state index in [1.54, 1.807) is 0 Å². The van der Waals surface area contributed by atoms with Crippen molar-refractivity contribution >= 4 is 0 Å². The van der Waals surface area contributed by atoms with Crippen LogP contribution >= 0.6 is 0 Å². The largest absolute Gasteiger partial charge is 0.392 e. The molecule has 1 atom stereocenters. The molecule has 2 rings (SSSR count). The van der Waals surface area contributed by atoms with Crippen LogP contribution in [-0.2, 0) is 13.2 Å². The van der Waals surface area contributed by atoms with Crippen molar-refractivity contribution in [1.82, 2.24) is 5.32 Å². The lowest BCUT2D eigenvalue weighted by atomic mass is 10.0. The van der Waals surface area contributed by atoms with E-state index in [0.29, 0.717) is 12.1 Å². The molecule has 1 unspecified atom stereocenters. The van der Waals surface area contributed by atoms with Crippen LogP contribution in [0.3, 0.4) is 0 Å². The van der Waals surface area contributed by atoms with Crippen LogP contribution in [0.5, 0.6) is 0 Å². The third-order valence-electron chi connectivity index (χ3n) is 3.67. The van der Waals surface area contributed by atoms with Crippen LogP contribution < -0.4 is 5.32 Å². The van der Waals surface area contributed by atoms with Gasteiger partial charge >= 0.3 is 0 Å². The standard InChI is InChI=1S/C18H21F2NO/c1-2-3-18(16-9-8-15(19)10-17(16)20)21-11-13-4-6-14(12-22)7-5-13/h4-10,18,21-22H,2-3,11-12H2,1H3. The summed E-state index contributed by atoms with van der Waals surface area (Å²) in [5, 5.41) is 12.4. The first-order valence-electron chi connectivity index (χ1n) is 7.51. The summed E-state index contributed by atoms with van der Waals surface area (Å²) in [6.07, 6.45) is 1.68. The second-order valence-corrected chi connectivity index (χ2v) is 5.36. The van der Waals surface area contributed by atoms with Gasteiger partial charge < -0.3 is 10.4 Å². The van der Waals surface area contributed by atoms with Crippen molar-refractivity contribution in [3.8, 4) is 0 Å². The van der Waals surface area contributed by atoms with E-state index < -0.39 is 11.6 Å². The summed E-state index contributed by atoms with van der Waals surface area (Å²) in [7, 11) is 0. The van der Waals surface area contributed by atoms with E-state index >= 15 is 0 Å². The monoisotopic (exact) mass is 305 g/mol. The van der Waals surface area contributed by atoms with E-state index in [-0.39, 0.29) is 12.6 Å². The second-order valence-electron chi connectivity index (χ2n) is 5.36. The van der Waals surface area contributed by atoms with Crippen molar-refractivity contribution in [2.45, 2.75) is 39.0 Å². The molecule has 0 aliphatic carbocycles. The number of nitrogens with one attached hydrogen (secondary N) is 1. The Kier molecular flexibility index (Phi) is 6.04. The molecule has 2 aromatic carbocycles. The van der Waals surface area contributed by atoms with Gasteiger partial charge in [-0.2, -0.15) is 0 Å². The SMILES string of the molecule is CCCC(NCc1ccc(CO)cc1)c1ccc(F)cc1F. The van der Waals surface area contributed by atoms with Gasteiger partial charge in [-0.05, 0) is 23.6 Å². The molecular weight excluding hydrogens is 284 g/mol. The predicted octanol–water partition coefficient (Wildman–Crippen LogP) is 4.09.